The molecule has 4 N–H and O–H groups in total. The van der Waals surface area contributed by atoms with Gasteiger partial charge < -0.3 is 16.4 Å². The number of nitrogens with zero attached hydrogens (tertiary/aromatic N) is 3. The van der Waals surface area contributed by atoms with Gasteiger partial charge in [0.25, 0.3) is 5.91 Å². The number of hydrogen-bond acceptors (Lipinski definition) is 5. The summed E-state index contributed by atoms with van der Waals surface area (Å²) >= 11 is 0. The van der Waals surface area contributed by atoms with Gasteiger partial charge in [-0.2, -0.15) is 5.26 Å². The molecule has 0 saturated heterocycles. The van der Waals surface area contributed by atoms with E-state index in [1.54, 1.807) is 11.9 Å². The first kappa shape index (κ1) is 12.8. The molecule has 1 aromatic rings. The summed E-state index contributed by atoms with van der Waals surface area (Å²) in [7, 11) is 1.76. The number of anilines is 2. The van der Waals surface area contributed by atoms with Crippen molar-refractivity contribution in [2.45, 2.75) is 19.4 Å². The Balaban J connectivity index is 3.13. The largest absolute Gasteiger partial charge is 0.397 e. The molecule has 17 heavy (non-hydrogen) atoms. The highest BCUT2D eigenvalue weighted by Crippen LogP contribution is 2.20. The monoisotopic (exact) mass is 233 g/mol. The van der Waals surface area contributed by atoms with Crippen LogP contribution in [0.15, 0.2) is 12.3 Å². The van der Waals surface area contributed by atoms with Crippen molar-refractivity contribution in [1.29, 1.82) is 5.26 Å². The normalized spacial score (nSPS) is 11.6. The molecule has 1 rings (SSSR count). The maximum atomic E-state index is 11.3. The number of carbonyl (C=O) groups excluding carboxylic acids is 1. The van der Waals surface area contributed by atoms with Gasteiger partial charge in [-0.15, -0.1) is 0 Å². The first-order chi connectivity index (χ1) is 7.97. The molecule has 0 bridgehead atoms. The van der Waals surface area contributed by atoms with Gasteiger partial charge in [-0.3, -0.25) is 4.79 Å². The SMILES string of the molecule is CC(CC#N)N(C)c1ncc(N)cc1C(N)=O. The Hall–Kier alpha value is -2.29. The molecule has 0 saturated carbocycles. The number of nitrogen functional groups attached to an aromatic ring is 1. The second-order valence-corrected chi connectivity index (χ2v) is 3.83. The fraction of sp³-hybridized carbons (Fsp3) is 0.364. The van der Waals surface area contributed by atoms with Crippen LogP contribution in [0.5, 0.6) is 0 Å². The van der Waals surface area contributed by atoms with Gasteiger partial charge in [0, 0.05) is 13.1 Å². The molecule has 0 aliphatic carbocycles. The van der Waals surface area contributed by atoms with Gasteiger partial charge in [-0.25, -0.2) is 4.98 Å². The van der Waals surface area contributed by atoms with Gasteiger partial charge in [0.05, 0.1) is 29.9 Å². The Morgan fingerprint density at radius 1 is 1.71 bits per heavy atom. The minimum absolute atomic E-state index is 0.0609. The molecule has 1 heterocycles. The van der Waals surface area contributed by atoms with Crippen molar-refractivity contribution in [1.82, 2.24) is 4.98 Å². The first-order valence-electron chi connectivity index (χ1n) is 5.12. The highest BCUT2D eigenvalue weighted by Gasteiger charge is 2.17. The predicted molar refractivity (Wildman–Crippen MR) is 65.3 cm³/mol. The third-order valence-electron chi connectivity index (χ3n) is 2.54. The minimum Gasteiger partial charge on any atom is -0.397 e. The first-order valence-corrected chi connectivity index (χ1v) is 5.12. The zero-order valence-corrected chi connectivity index (χ0v) is 9.84. The van der Waals surface area contributed by atoms with Crippen LogP contribution in [0, 0.1) is 11.3 Å². The van der Waals surface area contributed by atoms with Crippen LogP contribution < -0.4 is 16.4 Å². The van der Waals surface area contributed by atoms with Crippen LogP contribution in [0.2, 0.25) is 0 Å². The van der Waals surface area contributed by atoms with Crippen molar-refractivity contribution in [2.24, 2.45) is 5.73 Å². The summed E-state index contributed by atoms with van der Waals surface area (Å²) in [4.78, 5) is 17.1. The highest BCUT2D eigenvalue weighted by atomic mass is 16.1. The van der Waals surface area contributed by atoms with Crippen LogP contribution in [0.25, 0.3) is 0 Å². The van der Waals surface area contributed by atoms with E-state index in [1.165, 1.54) is 12.3 Å². The van der Waals surface area contributed by atoms with Crippen molar-refractivity contribution >= 4 is 17.4 Å². The van der Waals surface area contributed by atoms with Crippen LogP contribution >= 0.6 is 0 Å². The molecule has 0 fully saturated rings. The van der Waals surface area contributed by atoms with Gasteiger partial charge in [-0.1, -0.05) is 0 Å². The molecule has 1 atom stereocenters. The zero-order valence-electron chi connectivity index (χ0n) is 9.84. The number of primary amides is 1. The van der Waals surface area contributed by atoms with Crippen LogP contribution in [0.3, 0.4) is 0 Å². The van der Waals surface area contributed by atoms with Crippen LogP contribution in [-0.4, -0.2) is 24.0 Å². The molecule has 0 aliphatic heterocycles. The quantitative estimate of drug-likeness (QED) is 0.787. The number of carbonyl (C=O) groups is 1. The van der Waals surface area contributed by atoms with Crippen LogP contribution in [-0.2, 0) is 0 Å². The van der Waals surface area contributed by atoms with Crippen LogP contribution in [0.1, 0.15) is 23.7 Å². The molecule has 1 unspecified atom stereocenters. The topological polar surface area (TPSA) is 109 Å². The van der Waals surface area contributed by atoms with E-state index in [9.17, 15) is 4.79 Å². The van der Waals surface area contributed by atoms with E-state index in [4.69, 9.17) is 16.7 Å². The van der Waals surface area contributed by atoms with Gasteiger partial charge in [0.15, 0.2) is 0 Å². The average molecular weight is 233 g/mol. The molecule has 1 aromatic heterocycles. The molecule has 0 aliphatic rings. The number of hydrogen-bond donors (Lipinski definition) is 2. The molecule has 6 heteroatoms. The Morgan fingerprint density at radius 2 is 2.35 bits per heavy atom. The minimum atomic E-state index is -0.587. The molecular formula is C11H15N5O. The Bertz CT molecular complexity index is 465. The van der Waals surface area contributed by atoms with Gasteiger partial charge in [-0.05, 0) is 13.0 Å². The lowest BCUT2D eigenvalue weighted by Gasteiger charge is -2.25. The van der Waals surface area contributed by atoms with E-state index in [-0.39, 0.29) is 11.6 Å². The number of nitriles is 1. The Morgan fingerprint density at radius 3 is 2.88 bits per heavy atom. The molecule has 6 nitrogen and oxygen atoms in total. The Kier molecular flexibility index (Phi) is 3.88. The number of pyridine rings is 1. The second kappa shape index (κ2) is 5.16. The van der Waals surface area contributed by atoms with E-state index in [2.05, 4.69) is 11.1 Å². The Labute approximate surface area is 99.8 Å². The third-order valence-corrected chi connectivity index (χ3v) is 2.54. The fourth-order valence-corrected chi connectivity index (χ4v) is 1.41. The summed E-state index contributed by atoms with van der Waals surface area (Å²) in [6, 6.07) is 3.49. The molecular weight excluding hydrogens is 218 g/mol. The summed E-state index contributed by atoms with van der Waals surface area (Å²) in [5.41, 5.74) is 11.5. The number of rotatable bonds is 4. The lowest BCUT2D eigenvalue weighted by Crippen LogP contribution is -2.31. The van der Waals surface area contributed by atoms with E-state index in [1.807, 2.05) is 6.92 Å². The molecule has 1 amide bonds. The number of amides is 1. The van der Waals surface area contributed by atoms with Crippen LogP contribution in [0.4, 0.5) is 11.5 Å². The summed E-state index contributed by atoms with van der Waals surface area (Å²) in [5, 5.41) is 8.65. The summed E-state index contributed by atoms with van der Waals surface area (Å²) < 4.78 is 0. The maximum Gasteiger partial charge on any atom is 0.252 e. The third kappa shape index (κ3) is 2.84. The molecule has 90 valence electrons. The van der Waals surface area contributed by atoms with Crippen molar-refractivity contribution in [3.05, 3.63) is 17.8 Å². The lowest BCUT2D eigenvalue weighted by atomic mass is 10.1. The molecule has 0 spiro atoms. The highest BCUT2D eigenvalue weighted by molar-refractivity contribution is 5.98. The molecule has 0 aromatic carbocycles. The van der Waals surface area contributed by atoms with E-state index < -0.39 is 5.91 Å². The smallest absolute Gasteiger partial charge is 0.252 e. The van der Waals surface area contributed by atoms with Crippen molar-refractivity contribution in [2.75, 3.05) is 17.7 Å². The zero-order chi connectivity index (χ0) is 13.0. The van der Waals surface area contributed by atoms with E-state index >= 15 is 0 Å². The van der Waals surface area contributed by atoms with E-state index in [0.29, 0.717) is 17.9 Å². The lowest BCUT2D eigenvalue weighted by molar-refractivity contribution is 0.100. The van der Waals surface area contributed by atoms with E-state index in [0.717, 1.165) is 0 Å². The standard InChI is InChI=1S/C11H15N5O/c1-7(3-4-12)16(2)11-9(10(14)17)5-8(13)6-15-11/h5-7H,3,13H2,1-2H3,(H2,14,17). The molecule has 0 radical (unpaired) electrons. The van der Waals surface area contributed by atoms with Gasteiger partial charge in [0.1, 0.15) is 5.82 Å². The summed E-state index contributed by atoms with van der Waals surface area (Å²) in [6.45, 7) is 1.87. The van der Waals surface area contributed by atoms with Crippen molar-refractivity contribution in [3.8, 4) is 6.07 Å². The van der Waals surface area contributed by atoms with Gasteiger partial charge >= 0.3 is 0 Å². The second-order valence-electron chi connectivity index (χ2n) is 3.83. The van der Waals surface area contributed by atoms with Crippen molar-refractivity contribution in [3.63, 3.8) is 0 Å². The average Bonchev–Trinajstić information content (AvgIpc) is 2.28. The fourth-order valence-electron chi connectivity index (χ4n) is 1.41. The van der Waals surface area contributed by atoms with Crippen molar-refractivity contribution < 1.29 is 4.79 Å². The number of nitrogens with two attached hydrogens (primary N) is 2. The number of aromatic nitrogens is 1. The van der Waals surface area contributed by atoms with Gasteiger partial charge in [0.2, 0.25) is 0 Å². The summed E-state index contributed by atoms with van der Waals surface area (Å²) in [5.74, 6) is -0.148. The predicted octanol–water partition coefficient (Wildman–Crippen LogP) is 0.501. The summed E-state index contributed by atoms with van der Waals surface area (Å²) in [6.07, 6.45) is 1.79. The maximum absolute atomic E-state index is 11.3.